The number of nitrogens with two attached hydrogens (primary N) is 1. The third kappa shape index (κ3) is 2.65. The molecule has 0 aromatic carbocycles. The minimum atomic E-state index is 0.213. The Bertz CT molecular complexity index is 169. The summed E-state index contributed by atoms with van der Waals surface area (Å²) in [5.74, 6) is 2.61. The average Bonchev–Trinajstić information content (AvgIpc) is 2.69. The quantitative estimate of drug-likeness (QED) is 0.761. The van der Waals surface area contributed by atoms with Crippen LogP contribution in [0.5, 0.6) is 0 Å². The average molecular weight is 216 g/mol. The Balaban J connectivity index is 2.57. The summed E-state index contributed by atoms with van der Waals surface area (Å²) < 4.78 is 0. The van der Waals surface area contributed by atoms with Crippen LogP contribution in [0.25, 0.3) is 0 Å². The molecule has 2 nitrogen and oxygen atoms in total. The van der Waals surface area contributed by atoms with E-state index in [4.69, 9.17) is 5.73 Å². The highest BCUT2D eigenvalue weighted by Crippen LogP contribution is 2.28. The molecule has 1 saturated heterocycles. The summed E-state index contributed by atoms with van der Waals surface area (Å²) >= 11 is 2.07. The number of likely N-dealkylation sites (N-methyl/N-ethyl adjacent to an activating group) is 1. The van der Waals surface area contributed by atoms with Crippen molar-refractivity contribution in [3.05, 3.63) is 0 Å². The van der Waals surface area contributed by atoms with E-state index in [1.54, 1.807) is 0 Å². The van der Waals surface area contributed by atoms with Crippen molar-refractivity contribution in [3.8, 4) is 0 Å². The lowest BCUT2D eigenvalue weighted by Crippen LogP contribution is -2.54. The molecule has 0 aromatic rings. The monoisotopic (exact) mass is 216 g/mol. The van der Waals surface area contributed by atoms with E-state index < -0.39 is 0 Å². The van der Waals surface area contributed by atoms with Gasteiger partial charge in [0, 0.05) is 23.9 Å². The van der Waals surface area contributed by atoms with Crippen LogP contribution < -0.4 is 5.73 Å². The number of hydrogen-bond donors (Lipinski definition) is 1. The van der Waals surface area contributed by atoms with Crippen LogP contribution in [-0.4, -0.2) is 41.6 Å². The highest BCUT2D eigenvalue weighted by molar-refractivity contribution is 7.99. The fourth-order valence-corrected chi connectivity index (χ4v) is 3.50. The first-order chi connectivity index (χ1) is 6.64. The van der Waals surface area contributed by atoms with E-state index in [1.807, 2.05) is 0 Å². The third-order valence-electron chi connectivity index (χ3n) is 3.53. The van der Waals surface area contributed by atoms with Crippen molar-refractivity contribution < 1.29 is 0 Å². The van der Waals surface area contributed by atoms with Crippen molar-refractivity contribution in [3.63, 3.8) is 0 Å². The second-order valence-electron chi connectivity index (χ2n) is 4.58. The van der Waals surface area contributed by atoms with Crippen LogP contribution in [-0.2, 0) is 0 Å². The molecule has 0 radical (unpaired) electrons. The van der Waals surface area contributed by atoms with Gasteiger partial charge >= 0.3 is 0 Å². The number of nitrogens with zero attached hydrogens (tertiary/aromatic N) is 1. The molecule has 2 unspecified atom stereocenters. The van der Waals surface area contributed by atoms with Gasteiger partial charge in [0.2, 0.25) is 0 Å². The van der Waals surface area contributed by atoms with Crippen molar-refractivity contribution in [1.82, 2.24) is 4.90 Å². The predicted molar refractivity (Wildman–Crippen MR) is 65.9 cm³/mol. The topological polar surface area (TPSA) is 29.3 Å². The van der Waals surface area contributed by atoms with Gasteiger partial charge < -0.3 is 5.73 Å². The molecule has 2 atom stereocenters. The van der Waals surface area contributed by atoms with Crippen LogP contribution in [0.3, 0.4) is 0 Å². The Labute approximate surface area is 92.6 Å². The van der Waals surface area contributed by atoms with Crippen LogP contribution in [0.15, 0.2) is 0 Å². The normalized spacial score (nSPS) is 26.8. The van der Waals surface area contributed by atoms with Crippen molar-refractivity contribution in [2.75, 3.05) is 25.1 Å². The largest absolute Gasteiger partial charge is 0.329 e. The molecular weight excluding hydrogens is 192 g/mol. The zero-order chi connectivity index (χ0) is 10.6. The number of rotatable bonds is 5. The van der Waals surface area contributed by atoms with Crippen LogP contribution >= 0.6 is 11.8 Å². The van der Waals surface area contributed by atoms with Gasteiger partial charge in [-0.15, -0.1) is 0 Å². The summed E-state index contributed by atoms with van der Waals surface area (Å²) in [7, 11) is 2.25. The van der Waals surface area contributed by atoms with Crippen molar-refractivity contribution in [1.29, 1.82) is 0 Å². The van der Waals surface area contributed by atoms with Gasteiger partial charge in [0.15, 0.2) is 0 Å². The zero-order valence-corrected chi connectivity index (χ0v) is 10.6. The first-order valence-corrected chi connectivity index (χ1v) is 6.80. The van der Waals surface area contributed by atoms with Gasteiger partial charge in [-0.05, 0) is 32.6 Å². The molecule has 1 aliphatic heterocycles. The fraction of sp³-hybridized carbons (Fsp3) is 1.00. The van der Waals surface area contributed by atoms with Gasteiger partial charge in [-0.1, -0.05) is 13.3 Å². The molecule has 1 fully saturated rings. The van der Waals surface area contributed by atoms with E-state index in [2.05, 4.69) is 37.6 Å². The lowest BCUT2D eigenvalue weighted by Gasteiger charge is -2.41. The number of thioether (sulfide) groups is 1. The molecule has 84 valence electrons. The fourth-order valence-electron chi connectivity index (χ4n) is 2.23. The van der Waals surface area contributed by atoms with Gasteiger partial charge in [0.1, 0.15) is 0 Å². The predicted octanol–water partition coefficient (Wildman–Crippen LogP) is 1.94. The summed E-state index contributed by atoms with van der Waals surface area (Å²) in [5.41, 5.74) is 6.13. The van der Waals surface area contributed by atoms with E-state index >= 15 is 0 Å². The van der Waals surface area contributed by atoms with Crippen molar-refractivity contribution in [2.24, 2.45) is 5.73 Å². The zero-order valence-electron chi connectivity index (χ0n) is 9.75. The van der Waals surface area contributed by atoms with Gasteiger partial charge in [0.05, 0.1) is 0 Å². The molecule has 0 saturated carbocycles. The Morgan fingerprint density at radius 2 is 2.29 bits per heavy atom. The number of hydrogen-bond acceptors (Lipinski definition) is 3. The van der Waals surface area contributed by atoms with E-state index in [9.17, 15) is 0 Å². The lowest BCUT2D eigenvalue weighted by molar-refractivity contribution is 0.0943. The van der Waals surface area contributed by atoms with E-state index in [-0.39, 0.29) is 5.54 Å². The van der Waals surface area contributed by atoms with Crippen LogP contribution in [0.4, 0.5) is 0 Å². The van der Waals surface area contributed by atoms with E-state index in [0.29, 0.717) is 0 Å². The highest BCUT2D eigenvalue weighted by Gasteiger charge is 2.33. The van der Waals surface area contributed by atoms with Gasteiger partial charge in [-0.25, -0.2) is 0 Å². The highest BCUT2D eigenvalue weighted by atomic mass is 32.2. The molecule has 1 aliphatic rings. The molecule has 0 aliphatic carbocycles. The molecule has 0 aromatic heterocycles. The van der Waals surface area contributed by atoms with Gasteiger partial charge in [-0.2, -0.15) is 11.8 Å². The van der Waals surface area contributed by atoms with Crippen LogP contribution in [0, 0.1) is 0 Å². The first kappa shape index (κ1) is 12.3. The lowest BCUT2D eigenvalue weighted by atomic mass is 9.92. The molecule has 0 spiro atoms. The minimum Gasteiger partial charge on any atom is -0.329 e. The Morgan fingerprint density at radius 3 is 2.71 bits per heavy atom. The van der Waals surface area contributed by atoms with Gasteiger partial charge in [-0.3, -0.25) is 4.90 Å². The minimum absolute atomic E-state index is 0.213. The molecule has 1 rings (SSSR count). The SMILES string of the molecule is CCCC(C)(CN)N(C)C1CCSC1. The summed E-state index contributed by atoms with van der Waals surface area (Å²) in [6.07, 6.45) is 3.76. The van der Waals surface area contributed by atoms with Crippen molar-refractivity contribution >= 4 is 11.8 Å². The first-order valence-electron chi connectivity index (χ1n) is 5.65. The molecule has 1 heterocycles. The van der Waals surface area contributed by atoms with Crippen molar-refractivity contribution in [2.45, 2.75) is 44.7 Å². The standard InChI is InChI=1S/C11H24N2S/c1-4-6-11(2,9-12)13(3)10-5-7-14-8-10/h10H,4-9,12H2,1-3H3. The van der Waals surface area contributed by atoms with Crippen LogP contribution in [0.2, 0.25) is 0 Å². The summed E-state index contributed by atoms with van der Waals surface area (Å²) in [4.78, 5) is 2.52. The maximum Gasteiger partial charge on any atom is 0.0303 e. The smallest absolute Gasteiger partial charge is 0.0303 e. The Hall–Kier alpha value is 0.270. The van der Waals surface area contributed by atoms with Gasteiger partial charge in [0.25, 0.3) is 0 Å². The molecule has 0 amide bonds. The third-order valence-corrected chi connectivity index (χ3v) is 4.68. The molecular formula is C11H24N2S. The van der Waals surface area contributed by atoms with Crippen LogP contribution in [0.1, 0.15) is 33.1 Å². The summed E-state index contributed by atoms with van der Waals surface area (Å²) in [6, 6.07) is 0.750. The Morgan fingerprint density at radius 1 is 1.57 bits per heavy atom. The second-order valence-corrected chi connectivity index (χ2v) is 5.73. The second kappa shape index (κ2) is 5.38. The Kier molecular flexibility index (Phi) is 4.74. The summed E-state index contributed by atoms with van der Waals surface area (Å²) in [6.45, 7) is 5.32. The van der Waals surface area contributed by atoms with E-state index in [0.717, 1.165) is 12.6 Å². The molecule has 3 heteroatoms. The molecule has 2 N–H and O–H groups in total. The molecule has 0 bridgehead atoms. The maximum atomic E-state index is 5.91. The van der Waals surface area contributed by atoms with E-state index in [1.165, 1.54) is 30.8 Å². The molecule has 14 heavy (non-hydrogen) atoms. The maximum absolute atomic E-state index is 5.91. The summed E-state index contributed by atoms with van der Waals surface area (Å²) in [5, 5.41) is 0.